The number of carbonyl (C=O) groups excluding carboxylic acids is 2. The fourth-order valence-corrected chi connectivity index (χ4v) is 2.88. The Morgan fingerprint density at radius 3 is 2.81 bits per heavy atom. The number of halogens is 1. The first kappa shape index (κ1) is 18.8. The summed E-state index contributed by atoms with van der Waals surface area (Å²) >= 11 is 0. The molecule has 1 fully saturated rings. The molecule has 1 aliphatic rings. The molecule has 7 nitrogen and oxygen atoms in total. The van der Waals surface area contributed by atoms with Crippen molar-refractivity contribution >= 4 is 11.8 Å². The number of amides is 2. The largest absolute Gasteiger partial charge is 0.470 e. The standard InChI is InChI=1S/C19H21FN4O3/c1-2-15-17(20)19(23-12-22-15)27-14-8-9-24(11-14)16(25)10-21-18(26)13-6-4-3-5-7-13/h3-7,12,14H,2,8-11H2,1H3,(H,21,26). The smallest absolute Gasteiger partial charge is 0.254 e. The molecule has 1 atom stereocenters. The van der Waals surface area contributed by atoms with Crippen molar-refractivity contribution in [1.29, 1.82) is 0 Å². The number of aryl methyl sites for hydroxylation is 1. The maximum Gasteiger partial charge on any atom is 0.254 e. The van der Waals surface area contributed by atoms with E-state index < -0.39 is 5.82 Å². The number of carbonyl (C=O) groups is 2. The second kappa shape index (κ2) is 8.57. The van der Waals surface area contributed by atoms with E-state index >= 15 is 0 Å². The third-order valence-corrected chi connectivity index (χ3v) is 4.38. The van der Waals surface area contributed by atoms with Gasteiger partial charge in [-0.3, -0.25) is 9.59 Å². The minimum atomic E-state index is -0.556. The fraction of sp³-hybridized carbons (Fsp3) is 0.368. The van der Waals surface area contributed by atoms with Crippen LogP contribution in [-0.4, -0.2) is 52.4 Å². The van der Waals surface area contributed by atoms with Gasteiger partial charge in [-0.15, -0.1) is 0 Å². The predicted octanol–water partition coefficient (Wildman–Crippen LogP) is 1.59. The Labute approximate surface area is 156 Å². The van der Waals surface area contributed by atoms with Gasteiger partial charge in [-0.1, -0.05) is 25.1 Å². The number of nitrogens with one attached hydrogen (secondary N) is 1. The lowest BCUT2D eigenvalue weighted by atomic mass is 10.2. The van der Waals surface area contributed by atoms with Gasteiger partial charge in [0.2, 0.25) is 11.7 Å². The SMILES string of the molecule is CCc1ncnc(OC2CCN(C(=O)CNC(=O)c3ccccc3)C2)c1F. The Morgan fingerprint density at radius 2 is 2.07 bits per heavy atom. The van der Waals surface area contributed by atoms with Crippen LogP contribution >= 0.6 is 0 Å². The van der Waals surface area contributed by atoms with E-state index in [1.54, 1.807) is 36.1 Å². The van der Waals surface area contributed by atoms with Gasteiger partial charge in [0.05, 0.1) is 18.8 Å². The fourth-order valence-electron chi connectivity index (χ4n) is 2.88. The summed E-state index contributed by atoms with van der Waals surface area (Å²) in [5.41, 5.74) is 0.799. The Bertz CT molecular complexity index is 816. The zero-order valence-electron chi connectivity index (χ0n) is 15.0. The van der Waals surface area contributed by atoms with Crippen LogP contribution in [-0.2, 0) is 11.2 Å². The molecule has 0 aliphatic carbocycles. The first-order chi connectivity index (χ1) is 13.1. The van der Waals surface area contributed by atoms with E-state index in [0.717, 1.165) is 0 Å². The molecule has 142 valence electrons. The lowest BCUT2D eigenvalue weighted by molar-refractivity contribution is -0.129. The second-order valence-electron chi connectivity index (χ2n) is 6.21. The molecule has 0 spiro atoms. The second-order valence-corrected chi connectivity index (χ2v) is 6.21. The van der Waals surface area contributed by atoms with Gasteiger partial charge in [-0.05, 0) is 18.6 Å². The van der Waals surface area contributed by atoms with E-state index in [1.165, 1.54) is 6.33 Å². The number of rotatable bonds is 6. The molecule has 0 bridgehead atoms. The Kier molecular flexibility index (Phi) is 5.95. The minimum Gasteiger partial charge on any atom is -0.470 e. The number of ether oxygens (including phenoxy) is 1. The van der Waals surface area contributed by atoms with Gasteiger partial charge in [-0.2, -0.15) is 9.37 Å². The van der Waals surface area contributed by atoms with Gasteiger partial charge < -0.3 is 15.0 Å². The van der Waals surface area contributed by atoms with Crippen molar-refractivity contribution in [3.63, 3.8) is 0 Å². The summed E-state index contributed by atoms with van der Waals surface area (Å²) < 4.78 is 19.8. The monoisotopic (exact) mass is 372 g/mol. The molecule has 27 heavy (non-hydrogen) atoms. The topological polar surface area (TPSA) is 84.4 Å². The molecule has 0 saturated carbocycles. The number of likely N-dealkylation sites (tertiary alicyclic amines) is 1. The quantitative estimate of drug-likeness (QED) is 0.832. The molecule has 0 radical (unpaired) electrons. The Balaban J connectivity index is 1.50. The molecule has 2 amide bonds. The van der Waals surface area contributed by atoms with Crippen LogP contribution in [0.3, 0.4) is 0 Å². The van der Waals surface area contributed by atoms with Gasteiger partial charge in [-0.25, -0.2) is 4.98 Å². The van der Waals surface area contributed by atoms with E-state index in [1.807, 2.05) is 6.07 Å². The molecule has 1 aliphatic heterocycles. The number of nitrogens with zero attached hydrogens (tertiary/aromatic N) is 3. The molecule has 2 aromatic rings. The molecule has 1 aromatic carbocycles. The van der Waals surface area contributed by atoms with Crippen molar-refractivity contribution in [3.8, 4) is 5.88 Å². The maximum atomic E-state index is 14.2. The van der Waals surface area contributed by atoms with Gasteiger partial charge >= 0.3 is 0 Å². The molecular weight excluding hydrogens is 351 g/mol. The first-order valence-corrected chi connectivity index (χ1v) is 8.85. The molecular formula is C19H21FN4O3. The van der Waals surface area contributed by atoms with Crippen LogP contribution in [0.2, 0.25) is 0 Å². The van der Waals surface area contributed by atoms with Gasteiger partial charge in [0.25, 0.3) is 11.8 Å². The highest BCUT2D eigenvalue weighted by molar-refractivity contribution is 5.96. The summed E-state index contributed by atoms with van der Waals surface area (Å²) in [7, 11) is 0. The first-order valence-electron chi connectivity index (χ1n) is 8.85. The summed E-state index contributed by atoms with van der Waals surface area (Å²) in [6.07, 6.45) is 1.95. The van der Waals surface area contributed by atoms with Crippen LogP contribution in [0.4, 0.5) is 4.39 Å². The number of aromatic nitrogens is 2. The van der Waals surface area contributed by atoms with E-state index in [2.05, 4.69) is 15.3 Å². The van der Waals surface area contributed by atoms with Gasteiger partial charge in [0.15, 0.2) is 0 Å². The maximum absolute atomic E-state index is 14.2. The highest BCUT2D eigenvalue weighted by Crippen LogP contribution is 2.21. The van der Waals surface area contributed by atoms with Crippen LogP contribution in [0.5, 0.6) is 5.88 Å². The predicted molar refractivity (Wildman–Crippen MR) is 95.8 cm³/mol. The summed E-state index contributed by atoms with van der Waals surface area (Å²) in [6.45, 7) is 2.51. The average molecular weight is 372 g/mol. The van der Waals surface area contributed by atoms with Crippen molar-refractivity contribution in [1.82, 2.24) is 20.2 Å². The van der Waals surface area contributed by atoms with Crippen molar-refractivity contribution in [2.45, 2.75) is 25.9 Å². The van der Waals surface area contributed by atoms with Crippen LogP contribution in [0, 0.1) is 5.82 Å². The van der Waals surface area contributed by atoms with Crippen LogP contribution in [0.15, 0.2) is 36.7 Å². The lowest BCUT2D eigenvalue weighted by Crippen LogP contribution is -2.39. The van der Waals surface area contributed by atoms with Crippen LogP contribution in [0.25, 0.3) is 0 Å². The van der Waals surface area contributed by atoms with Crippen LogP contribution < -0.4 is 10.1 Å². The highest BCUT2D eigenvalue weighted by Gasteiger charge is 2.29. The molecule has 1 aromatic heterocycles. The minimum absolute atomic E-state index is 0.0847. The van der Waals surface area contributed by atoms with E-state index in [-0.39, 0.29) is 30.3 Å². The number of hydrogen-bond acceptors (Lipinski definition) is 5. The number of benzene rings is 1. The molecule has 1 saturated heterocycles. The lowest BCUT2D eigenvalue weighted by Gasteiger charge is -2.17. The van der Waals surface area contributed by atoms with Crippen LogP contribution in [0.1, 0.15) is 29.4 Å². The summed E-state index contributed by atoms with van der Waals surface area (Å²) in [5.74, 6) is -1.15. The number of hydrogen-bond donors (Lipinski definition) is 1. The van der Waals surface area contributed by atoms with Crippen molar-refractivity contribution in [2.24, 2.45) is 0 Å². The average Bonchev–Trinajstić information content (AvgIpc) is 3.17. The third kappa shape index (κ3) is 4.58. The normalized spacial score (nSPS) is 16.2. The van der Waals surface area contributed by atoms with Gasteiger partial charge in [0.1, 0.15) is 12.4 Å². The van der Waals surface area contributed by atoms with E-state index in [4.69, 9.17) is 4.74 Å². The molecule has 8 heteroatoms. The van der Waals surface area contributed by atoms with Gasteiger partial charge in [0, 0.05) is 18.5 Å². The van der Waals surface area contributed by atoms with E-state index in [9.17, 15) is 14.0 Å². The molecule has 1 N–H and O–H groups in total. The third-order valence-electron chi connectivity index (χ3n) is 4.38. The molecule has 3 rings (SSSR count). The highest BCUT2D eigenvalue weighted by atomic mass is 19.1. The van der Waals surface area contributed by atoms with Crippen molar-refractivity contribution < 1.29 is 18.7 Å². The Hall–Kier alpha value is -3.03. The summed E-state index contributed by atoms with van der Waals surface area (Å²) in [4.78, 5) is 33.6. The molecule has 2 heterocycles. The van der Waals surface area contributed by atoms with E-state index in [0.29, 0.717) is 37.2 Å². The zero-order chi connectivity index (χ0) is 19.2. The zero-order valence-corrected chi connectivity index (χ0v) is 15.0. The summed E-state index contributed by atoms with van der Waals surface area (Å²) in [5, 5.41) is 2.61. The van der Waals surface area contributed by atoms with Crippen molar-refractivity contribution in [2.75, 3.05) is 19.6 Å². The Morgan fingerprint density at radius 1 is 1.30 bits per heavy atom. The molecule has 1 unspecified atom stereocenters. The van der Waals surface area contributed by atoms with Crippen molar-refractivity contribution in [3.05, 3.63) is 53.7 Å². The summed E-state index contributed by atoms with van der Waals surface area (Å²) in [6, 6.07) is 8.70.